The Morgan fingerprint density at radius 2 is 2.32 bits per heavy atom. The monoisotopic (exact) mass is 279 g/mol. The maximum Gasteiger partial charge on any atom is 0.184 e. The number of thiocarbonyl (C=S) groups is 1. The van der Waals surface area contributed by atoms with Crippen molar-refractivity contribution in [1.29, 1.82) is 0 Å². The van der Waals surface area contributed by atoms with Crippen LogP contribution in [0.1, 0.15) is 11.3 Å². The van der Waals surface area contributed by atoms with E-state index in [-0.39, 0.29) is 5.11 Å². The van der Waals surface area contributed by atoms with Gasteiger partial charge in [0.15, 0.2) is 5.11 Å². The van der Waals surface area contributed by atoms with E-state index in [9.17, 15) is 0 Å². The Hall–Kier alpha value is -1.57. The summed E-state index contributed by atoms with van der Waals surface area (Å²) >= 11 is 4.64. The first-order valence-electron chi connectivity index (χ1n) is 6.07. The third-order valence-corrected chi connectivity index (χ3v) is 2.82. The van der Waals surface area contributed by atoms with E-state index in [1.165, 1.54) is 5.56 Å². The van der Waals surface area contributed by atoms with Crippen LogP contribution in [0.5, 0.6) is 0 Å². The second-order valence-corrected chi connectivity index (χ2v) is 4.65. The molecule has 6 nitrogen and oxygen atoms in total. The number of nitrogens with two attached hydrogens (primary N) is 1. The van der Waals surface area contributed by atoms with Gasteiger partial charge in [0.1, 0.15) is 0 Å². The molecule has 0 aromatic carbocycles. The van der Waals surface area contributed by atoms with Crippen molar-refractivity contribution in [2.75, 3.05) is 26.3 Å². The van der Waals surface area contributed by atoms with Crippen molar-refractivity contribution in [3.8, 4) is 0 Å². The van der Waals surface area contributed by atoms with Crippen LogP contribution in [0.2, 0.25) is 0 Å². The van der Waals surface area contributed by atoms with Crippen molar-refractivity contribution in [2.24, 2.45) is 10.8 Å². The third-order valence-electron chi connectivity index (χ3n) is 2.73. The van der Waals surface area contributed by atoms with Gasteiger partial charge in [-0.1, -0.05) is 6.07 Å². The number of morpholine rings is 1. The molecule has 0 atom stereocenters. The first-order valence-corrected chi connectivity index (χ1v) is 6.48. The van der Waals surface area contributed by atoms with Crippen LogP contribution >= 0.6 is 12.2 Å². The summed E-state index contributed by atoms with van der Waals surface area (Å²) in [6.07, 6.45) is 3.44. The predicted molar refractivity (Wildman–Crippen MR) is 77.8 cm³/mol. The highest BCUT2D eigenvalue weighted by Crippen LogP contribution is 2.06. The van der Waals surface area contributed by atoms with Gasteiger partial charge in [0.2, 0.25) is 0 Å². The fourth-order valence-electron chi connectivity index (χ4n) is 1.79. The molecule has 2 rings (SSSR count). The summed E-state index contributed by atoms with van der Waals surface area (Å²) in [5, 5.41) is 3.99. The van der Waals surface area contributed by atoms with Crippen molar-refractivity contribution in [3.63, 3.8) is 0 Å². The standard InChI is InChI=1S/C12H17N5OS/c13-12(19)16-15-8-11-2-1-10(7-14-11)9-17-3-5-18-6-4-17/h1-2,7-8H,3-6,9H2,(H3,13,16,19)/b15-8+. The van der Waals surface area contributed by atoms with Crippen molar-refractivity contribution in [2.45, 2.75) is 6.54 Å². The lowest BCUT2D eigenvalue weighted by Crippen LogP contribution is -2.35. The highest BCUT2D eigenvalue weighted by Gasteiger charge is 2.10. The fraction of sp³-hybridized carbons (Fsp3) is 0.417. The lowest BCUT2D eigenvalue weighted by molar-refractivity contribution is 0.0341. The lowest BCUT2D eigenvalue weighted by atomic mass is 10.2. The van der Waals surface area contributed by atoms with E-state index < -0.39 is 0 Å². The number of hydrazone groups is 1. The van der Waals surface area contributed by atoms with Gasteiger partial charge in [-0.2, -0.15) is 5.10 Å². The van der Waals surface area contributed by atoms with Gasteiger partial charge in [0, 0.05) is 25.8 Å². The molecule has 0 radical (unpaired) electrons. The quantitative estimate of drug-likeness (QED) is 0.462. The Labute approximate surface area is 117 Å². The number of ether oxygens (including phenoxy) is 1. The molecule has 0 amide bonds. The van der Waals surface area contributed by atoms with E-state index in [0.29, 0.717) is 0 Å². The zero-order chi connectivity index (χ0) is 13.5. The van der Waals surface area contributed by atoms with Crippen LogP contribution in [0.4, 0.5) is 0 Å². The van der Waals surface area contributed by atoms with Crippen LogP contribution in [-0.2, 0) is 11.3 Å². The van der Waals surface area contributed by atoms with Gasteiger partial charge in [-0.25, -0.2) is 0 Å². The average Bonchev–Trinajstić information content (AvgIpc) is 2.42. The minimum Gasteiger partial charge on any atom is -0.379 e. The van der Waals surface area contributed by atoms with Gasteiger partial charge in [0.25, 0.3) is 0 Å². The summed E-state index contributed by atoms with van der Waals surface area (Å²) in [4.78, 5) is 6.66. The molecule has 0 saturated carbocycles. The van der Waals surface area contributed by atoms with E-state index in [2.05, 4.69) is 32.6 Å². The van der Waals surface area contributed by atoms with Gasteiger partial charge in [0.05, 0.1) is 25.1 Å². The number of nitrogens with one attached hydrogen (secondary N) is 1. The molecule has 1 aromatic heterocycles. The summed E-state index contributed by atoms with van der Waals surface area (Å²) < 4.78 is 5.32. The van der Waals surface area contributed by atoms with Crippen LogP contribution in [0, 0.1) is 0 Å². The topological polar surface area (TPSA) is 75.8 Å². The summed E-state index contributed by atoms with van der Waals surface area (Å²) in [6.45, 7) is 4.47. The van der Waals surface area contributed by atoms with Crippen LogP contribution in [-0.4, -0.2) is 47.5 Å². The first-order chi connectivity index (χ1) is 9.24. The maximum absolute atomic E-state index is 5.32. The second kappa shape index (κ2) is 7.13. The number of rotatable bonds is 4. The van der Waals surface area contributed by atoms with E-state index >= 15 is 0 Å². The van der Waals surface area contributed by atoms with Crippen molar-refractivity contribution >= 4 is 23.5 Å². The van der Waals surface area contributed by atoms with Crippen molar-refractivity contribution < 1.29 is 4.74 Å². The molecule has 2 heterocycles. The Kier molecular flexibility index (Phi) is 5.20. The van der Waals surface area contributed by atoms with Gasteiger partial charge in [-0.15, -0.1) is 0 Å². The summed E-state index contributed by atoms with van der Waals surface area (Å²) in [6, 6.07) is 3.96. The summed E-state index contributed by atoms with van der Waals surface area (Å²) in [5.74, 6) is 0. The van der Waals surface area contributed by atoms with E-state index in [1.807, 2.05) is 18.3 Å². The van der Waals surface area contributed by atoms with Crippen LogP contribution in [0.25, 0.3) is 0 Å². The zero-order valence-corrected chi connectivity index (χ0v) is 11.4. The van der Waals surface area contributed by atoms with Gasteiger partial charge in [-0.3, -0.25) is 15.3 Å². The highest BCUT2D eigenvalue weighted by atomic mass is 32.1. The molecule has 1 fully saturated rings. The average molecular weight is 279 g/mol. The van der Waals surface area contributed by atoms with Gasteiger partial charge < -0.3 is 10.5 Å². The van der Waals surface area contributed by atoms with Crippen LogP contribution < -0.4 is 11.2 Å². The molecule has 0 spiro atoms. The molecule has 1 aromatic rings. The smallest absolute Gasteiger partial charge is 0.184 e. The molecule has 1 aliphatic heterocycles. The molecule has 0 unspecified atom stereocenters. The number of pyridine rings is 1. The number of nitrogens with zero attached hydrogens (tertiary/aromatic N) is 3. The molecule has 19 heavy (non-hydrogen) atoms. The minimum absolute atomic E-state index is 0.139. The van der Waals surface area contributed by atoms with Crippen molar-refractivity contribution in [3.05, 3.63) is 29.6 Å². The molecular formula is C12H17N5OS. The highest BCUT2D eigenvalue weighted by molar-refractivity contribution is 7.80. The summed E-state index contributed by atoms with van der Waals surface area (Å²) in [7, 11) is 0. The lowest BCUT2D eigenvalue weighted by Gasteiger charge is -2.26. The number of aromatic nitrogens is 1. The molecule has 0 aliphatic carbocycles. The SMILES string of the molecule is NC(=S)N/N=C/c1ccc(CN2CCOCC2)cn1. The molecule has 3 N–H and O–H groups in total. The number of hydrogen-bond donors (Lipinski definition) is 2. The molecule has 102 valence electrons. The molecule has 0 bridgehead atoms. The summed E-state index contributed by atoms with van der Waals surface area (Å²) in [5.41, 5.74) is 9.69. The Balaban J connectivity index is 1.86. The third kappa shape index (κ3) is 4.90. The van der Waals surface area contributed by atoms with E-state index in [1.54, 1.807) is 6.21 Å². The Bertz CT molecular complexity index is 442. The molecule has 7 heteroatoms. The molecule has 1 saturated heterocycles. The fourth-order valence-corrected chi connectivity index (χ4v) is 1.84. The minimum atomic E-state index is 0.139. The van der Waals surface area contributed by atoms with Crippen LogP contribution in [0.15, 0.2) is 23.4 Å². The van der Waals surface area contributed by atoms with Gasteiger partial charge >= 0.3 is 0 Å². The van der Waals surface area contributed by atoms with E-state index in [0.717, 1.165) is 38.5 Å². The Morgan fingerprint density at radius 1 is 1.53 bits per heavy atom. The van der Waals surface area contributed by atoms with Gasteiger partial charge in [-0.05, 0) is 23.8 Å². The maximum atomic E-state index is 5.32. The molecule has 1 aliphatic rings. The Morgan fingerprint density at radius 3 is 2.95 bits per heavy atom. The van der Waals surface area contributed by atoms with Crippen molar-refractivity contribution in [1.82, 2.24) is 15.3 Å². The largest absolute Gasteiger partial charge is 0.379 e. The van der Waals surface area contributed by atoms with E-state index in [4.69, 9.17) is 10.5 Å². The first kappa shape index (κ1) is 13.9. The number of hydrogen-bond acceptors (Lipinski definition) is 5. The van der Waals surface area contributed by atoms with Crippen LogP contribution in [0.3, 0.4) is 0 Å². The molecular weight excluding hydrogens is 262 g/mol. The second-order valence-electron chi connectivity index (χ2n) is 4.21. The predicted octanol–water partition coefficient (Wildman–Crippen LogP) is 0.0809. The normalized spacial score (nSPS) is 16.6. The zero-order valence-electron chi connectivity index (χ0n) is 10.6.